The fourth-order valence-electron chi connectivity index (χ4n) is 1.01. The van der Waals surface area contributed by atoms with Crippen LogP contribution in [0.15, 0.2) is 22.2 Å². The molecule has 0 aliphatic heterocycles. The molecule has 1 rings (SSSR count). The Morgan fingerprint density at radius 2 is 2.43 bits per heavy atom. The van der Waals surface area contributed by atoms with Crippen molar-refractivity contribution in [2.24, 2.45) is 0 Å². The average Bonchev–Trinajstić information content (AvgIpc) is 2.21. The van der Waals surface area contributed by atoms with Gasteiger partial charge in [-0.05, 0) is 13.3 Å². The summed E-state index contributed by atoms with van der Waals surface area (Å²) in [6.07, 6.45) is 4.00. The number of hydrogen-bond donors (Lipinski definition) is 1. The second-order valence-corrected chi connectivity index (χ2v) is 3.83. The maximum atomic E-state index is 11.6. The van der Waals surface area contributed by atoms with E-state index >= 15 is 0 Å². The normalized spacial score (nSPS) is 10.4. The molecule has 1 aromatic rings. The Labute approximate surface area is 87.0 Å². The maximum absolute atomic E-state index is 11.6. The van der Waals surface area contributed by atoms with E-state index in [4.69, 9.17) is 5.11 Å². The third-order valence-corrected chi connectivity index (χ3v) is 2.81. The van der Waals surface area contributed by atoms with E-state index in [-0.39, 0.29) is 12.2 Å². The first-order chi connectivity index (χ1) is 6.79. The van der Waals surface area contributed by atoms with E-state index in [0.29, 0.717) is 18.0 Å². The van der Waals surface area contributed by atoms with Gasteiger partial charge in [0.25, 0.3) is 5.56 Å². The summed E-state index contributed by atoms with van der Waals surface area (Å²) < 4.78 is 1.62. The summed E-state index contributed by atoms with van der Waals surface area (Å²) in [5.41, 5.74) is -0.0436. The summed E-state index contributed by atoms with van der Waals surface area (Å²) in [4.78, 5) is 15.6. The molecule has 0 aromatic carbocycles. The molecule has 78 valence electrons. The first-order valence-electron chi connectivity index (χ1n) is 4.58. The van der Waals surface area contributed by atoms with Crippen LogP contribution in [0.5, 0.6) is 0 Å². The Balaban J connectivity index is 2.72. The van der Waals surface area contributed by atoms with Crippen molar-refractivity contribution in [3.8, 4) is 0 Å². The Kier molecular flexibility index (Phi) is 4.69. The van der Waals surface area contributed by atoms with E-state index < -0.39 is 0 Å². The predicted molar refractivity (Wildman–Crippen MR) is 56.6 cm³/mol. The number of aromatic nitrogens is 2. The Morgan fingerprint density at radius 1 is 1.64 bits per heavy atom. The number of aliphatic hydroxyl groups is 1. The first-order valence-corrected chi connectivity index (χ1v) is 5.57. The second-order valence-electron chi connectivity index (χ2n) is 2.75. The fraction of sp³-hybridized carbons (Fsp3) is 0.556. The molecule has 1 aromatic heterocycles. The van der Waals surface area contributed by atoms with Gasteiger partial charge in [-0.15, -0.1) is 11.8 Å². The zero-order valence-corrected chi connectivity index (χ0v) is 8.96. The molecule has 0 spiro atoms. The van der Waals surface area contributed by atoms with Crippen molar-refractivity contribution in [2.75, 3.05) is 12.4 Å². The van der Waals surface area contributed by atoms with Crippen LogP contribution in [-0.4, -0.2) is 27.0 Å². The molecular weight excluding hydrogens is 200 g/mol. The van der Waals surface area contributed by atoms with Crippen LogP contribution in [0.4, 0.5) is 0 Å². The number of rotatable bonds is 5. The van der Waals surface area contributed by atoms with Gasteiger partial charge in [-0.25, -0.2) is 4.98 Å². The largest absolute Gasteiger partial charge is 0.396 e. The fourth-order valence-corrected chi connectivity index (χ4v) is 1.85. The van der Waals surface area contributed by atoms with Crippen molar-refractivity contribution in [3.63, 3.8) is 0 Å². The Hall–Kier alpha value is -0.810. The van der Waals surface area contributed by atoms with Gasteiger partial charge in [0.15, 0.2) is 5.03 Å². The zero-order valence-electron chi connectivity index (χ0n) is 8.14. The number of aliphatic hydroxyl groups excluding tert-OH is 1. The molecule has 0 unspecified atom stereocenters. The molecule has 0 radical (unpaired) electrons. The number of hydrogen-bond acceptors (Lipinski definition) is 4. The Bertz CT molecular complexity index is 338. The van der Waals surface area contributed by atoms with Crippen LogP contribution in [0.3, 0.4) is 0 Å². The molecule has 5 heteroatoms. The molecule has 0 fully saturated rings. The maximum Gasteiger partial charge on any atom is 0.283 e. The molecule has 1 N–H and O–H groups in total. The third kappa shape index (κ3) is 2.85. The number of aryl methyl sites for hydroxylation is 1. The van der Waals surface area contributed by atoms with Gasteiger partial charge in [0, 0.05) is 31.3 Å². The van der Waals surface area contributed by atoms with Gasteiger partial charge in [-0.3, -0.25) is 4.79 Å². The van der Waals surface area contributed by atoms with E-state index in [9.17, 15) is 4.79 Å². The lowest BCUT2D eigenvalue weighted by molar-refractivity contribution is 0.296. The van der Waals surface area contributed by atoms with Crippen molar-refractivity contribution >= 4 is 11.8 Å². The minimum atomic E-state index is -0.0436. The van der Waals surface area contributed by atoms with E-state index in [1.54, 1.807) is 17.0 Å². The summed E-state index contributed by atoms with van der Waals surface area (Å²) in [7, 11) is 0. The molecule has 14 heavy (non-hydrogen) atoms. The molecule has 4 nitrogen and oxygen atoms in total. The number of nitrogens with zero attached hydrogens (tertiary/aromatic N) is 2. The van der Waals surface area contributed by atoms with Crippen molar-refractivity contribution in [1.29, 1.82) is 0 Å². The summed E-state index contributed by atoms with van der Waals surface area (Å²) in [6.45, 7) is 2.74. The monoisotopic (exact) mass is 214 g/mol. The van der Waals surface area contributed by atoms with Crippen LogP contribution in [0, 0.1) is 0 Å². The van der Waals surface area contributed by atoms with Crippen LogP contribution in [-0.2, 0) is 6.54 Å². The zero-order chi connectivity index (χ0) is 10.4. The molecule has 0 saturated carbocycles. The van der Waals surface area contributed by atoms with Crippen molar-refractivity contribution in [3.05, 3.63) is 22.7 Å². The van der Waals surface area contributed by atoms with Gasteiger partial charge < -0.3 is 9.67 Å². The van der Waals surface area contributed by atoms with E-state index in [1.807, 2.05) is 6.92 Å². The van der Waals surface area contributed by atoms with Crippen LogP contribution in [0.25, 0.3) is 0 Å². The summed E-state index contributed by atoms with van der Waals surface area (Å²) in [6, 6.07) is 0. The van der Waals surface area contributed by atoms with Crippen LogP contribution < -0.4 is 5.56 Å². The molecule has 0 aliphatic rings. The third-order valence-electron chi connectivity index (χ3n) is 1.76. The van der Waals surface area contributed by atoms with Gasteiger partial charge in [0.1, 0.15) is 0 Å². The Morgan fingerprint density at radius 3 is 3.07 bits per heavy atom. The van der Waals surface area contributed by atoms with Crippen LogP contribution >= 0.6 is 11.8 Å². The molecule has 0 amide bonds. The SMILES string of the molecule is CCn1ccnc(SCCCO)c1=O. The van der Waals surface area contributed by atoms with Gasteiger partial charge in [-0.2, -0.15) is 0 Å². The molecule has 1 heterocycles. The van der Waals surface area contributed by atoms with Gasteiger partial charge >= 0.3 is 0 Å². The highest BCUT2D eigenvalue weighted by Crippen LogP contribution is 2.10. The highest BCUT2D eigenvalue weighted by molar-refractivity contribution is 7.99. The van der Waals surface area contributed by atoms with Gasteiger partial charge in [0.2, 0.25) is 0 Å². The quantitative estimate of drug-likeness (QED) is 0.580. The highest BCUT2D eigenvalue weighted by Gasteiger charge is 2.03. The second kappa shape index (κ2) is 5.82. The van der Waals surface area contributed by atoms with Crippen molar-refractivity contribution in [1.82, 2.24) is 9.55 Å². The summed E-state index contributed by atoms with van der Waals surface area (Å²) in [5, 5.41) is 9.11. The van der Waals surface area contributed by atoms with Gasteiger partial charge in [-0.1, -0.05) is 0 Å². The van der Waals surface area contributed by atoms with Crippen LogP contribution in [0.2, 0.25) is 0 Å². The standard InChI is InChI=1S/C9H14N2O2S/c1-2-11-5-4-10-8(9(11)13)14-7-3-6-12/h4-5,12H,2-3,6-7H2,1H3. The van der Waals surface area contributed by atoms with E-state index in [0.717, 1.165) is 5.75 Å². The minimum Gasteiger partial charge on any atom is -0.396 e. The highest BCUT2D eigenvalue weighted by atomic mass is 32.2. The summed E-state index contributed by atoms with van der Waals surface area (Å²) in [5.74, 6) is 0.729. The lowest BCUT2D eigenvalue weighted by Gasteiger charge is -2.03. The van der Waals surface area contributed by atoms with Gasteiger partial charge in [0.05, 0.1) is 0 Å². The average molecular weight is 214 g/mol. The topological polar surface area (TPSA) is 55.1 Å². The molecular formula is C9H14N2O2S. The van der Waals surface area contributed by atoms with E-state index in [2.05, 4.69) is 4.98 Å². The van der Waals surface area contributed by atoms with Crippen molar-refractivity contribution < 1.29 is 5.11 Å². The summed E-state index contributed by atoms with van der Waals surface area (Å²) >= 11 is 1.40. The minimum absolute atomic E-state index is 0.0436. The lowest BCUT2D eigenvalue weighted by atomic mass is 10.5. The number of thioether (sulfide) groups is 1. The lowest BCUT2D eigenvalue weighted by Crippen LogP contribution is -2.21. The smallest absolute Gasteiger partial charge is 0.283 e. The first kappa shape index (κ1) is 11.3. The van der Waals surface area contributed by atoms with Crippen molar-refractivity contribution in [2.45, 2.75) is 24.9 Å². The molecule has 0 bridgehead atoms. The molecule has 0 atom stereocenters. The molecule has 0 saturated heterocycles. The molecule has 0 aliphatic carbocycles. The van der Waals surface area contributed by atoms with Crippen LogP contribution in [0.1, 0.15) is 13.3 Å². The van der Waals surface area contributed by atoms with E-state index in [1.165, 1.54) is 11.8 Å². The predicted octanol–water partition coefficient (Wildman–Crippen LogP) is 0.738.